The van der Waals surface area contributed by atoms with Crippen LogP contribution in [0, 0.1) is 5.92 Å². The van der Waals surface area contributed by atoms with Gasteiger partial charge in [-0.05, 0) is 24.5 Å². The molecule has 1 aromatic rings. The molecule has 0 unspecified atom stereocenters. The summed E-state index contributed by atoms with van der Waals surface area (Å²) in [5.74, 6) is 3.86. The topological polar surface area (TPSA) is 37.8 Å². The maximum Gasteiger partial charge on any atom is 0.202 e. The molecule has 0 atom stereocenters. The van der Waals surface area contributed by atoms with Gasteiger partial charge in [-0.25, -0.2) is 4.98 Å². The number of hydrogen-bond acceptors (Lipinski definition) is 5. The van der Waals surface area contributed by atoms with Crippen LogP contribution >= 0.6 is 23.3 Å². The van der Waals surface area contributed by atoms with E-state index in [1.807, 2.05) is 11.8 Å². The fourth-order valence-electron chi connectivity index (χ4n) is 1.16. The highest BCUT2D eigenvalue weighted by Gasteiger charge is 2.22. The summed E-state index contributed by atoms with van der Waals surface area (Å²) in [5, 5.41) is 4.37. The molecule has 1 heterocycles. The Morgan fingerprint density at radius 3 is 3.00 bits per heavy atom. The number of rotatable bonds is 6. The molecule has 0 saturated heterocycles. The molecule has 0 aromatic carbocycles. The summed E-state index contributed by atoms with van der Waals surface area (Å²) in [6.07, 6.45) is 2.58. The lowest BCUT2D eigenvalue weighted by Crippen LogP contribution is -2.00. The van der Waals surface area contributed by atoms with Crippen molar-refractivity contribution in [1.82, 2.24) is 9.36 Å². The van der Waals surface area contributed by atoms with Crippen molar-refractivity contribution in [2.24, 2.45) is 5.92 Å². The standard InChI is InChI=1S/C10H17N3S2/c1-7(2)5-14-6-9-12-10(15-13-9)11-8-3-4-8/h7-8H,3-6H2,1-2H3,(H,11,12,13). The first-order valence-corrected chi connectivity index (χ1v) is 7.33. The molecule has 1 aliphatic carbocycles. The summed E-state index contributed by atoms with van der Waals surface area (Å²) in [6.45, 7) is 4.48. The van der Waals surface area contributed by atoms with E-state index in [-0.39, 0.29) is 0 Å². The van der Waals surface area contributed by atoms with Crippen molar-refractivity contribution in [1.29, 1.82) is 0 Å². The Bertz CT molecular complexity index is 307. The van der Waals surface area contributed by atoms with E-state index in [1.165, 1.54) is 30.1 Å². The average Bonchev–Trinajstić information content (AvgIpc) is 2.86. The first-order valence-electron chi connectivity index (χ1n) is 5.41. The van der Waals surface area contributed by atoms with Crippen LogP contribution in [-0.2, 0) is 5.75 Å². The predicted octanol–water partition coefficient (Wildman–Crippen LogP) is 3.00. The summed E-state index contributed by atoms with van der Waals surface area (Å²) >= 11 is 3.41. The minimum atomic E-state index is 0.675. The number of anilines is 1. The highest BCUT2D eigenvalue weighted by atomic mass is 32.2. The Balaban J connectivity index is 1.73. The Kier molecular flexibility index (Phi) is 3.86. The summed E-state index contributed by atoms with van der Waals surface area (Å²) in [6, 6.07) is 0.675. The van der Waals surface area contributed by atoms with Crippen LogP contribution in [-0.4, -0.2) is 21.2 Å². The van der Waals surface area contributed by atoms with Crippen LogP contribution in [0.5, 0.6) is 0 Å². The Hall–Kier alpha value is -0.290. The van der Waals surface area contributed by atoms with Crippen molar-refractivity contribution in [2.45, 2.75) is 38.5 Å². The quantitative estimate of drug-likeness (QED) is 0.833. The van der Waals surface area contributed by atoms with Gasteiger partial charge >= 0.3 is 0 Å². The van der Waals surface area contributed by atoms with Crippen LogP contribution in [0.2, 0.25) is 0 Å². The lowest BCUT2D eigenvalue weighted by atomic mass is 10.3. The molecule has 0 aliphatic heterocycles. The summed E-state index contributed by atoms with van der Waals surface area (Å²) in [5.41, 5.74) is 0. The third-order valence-electron chi connectivity index (χ3n) is 2.06. The van der Waals surface area contributed by atoms with Crippen LogP contribution < -0.4 is 5.32 Å². The fraction of sp³-hybridized carbons (Fsp3) is 0.800. The van der Waals surface area contributed by atoms with Crippen LogP contribution in [0.4, 0.5) is 5.13 Å². The number of nitrogens with one attached hydrogen (secondary N) is 1. The van der Waals surface area contributed by atoms with Gasteiger partial charge in [-0.15, -0.1) is 0 Å². The third-order valence-corrected chi connectivity index (χ3v) is 4.10. The van der Waals surface area contributed by atoms with E-state index in [0.29, 0.717) is 6.04 Å². The lowest BCUT2D eigenvalue weighted by Gasteiger charge is -2.01. The molecule has 1 saturated carbocycles. The lowest BCUT2D eigenvalue weighted by molar-refractivity contribution is 0.750. The molecule has 0 amide bonds. The summed E-state index contributed by atoms with van der Waals surface area (Å²) in [4.78, 5) is 4.46. The Morgan fingerprint density at radius 1 is 1.53 bits per heavy atom. The van der Waals surface area contributed by atoms with E-state index in [2.05, 4.69) is 28.5 Å². The van der Waals surface area contributed by atoms with Gasteiger partial charge in [0.1, 0.15) is 0 Å². The molecule has 0 spiro atoms. The fourth-order valence-corrected chi connectivity index (χ4v) is 2.80. The van der Waals surface area contributed by atoms with Crippen molar-refractivity contribution in [3.8, 4) is 0 Å². The second-order valence-corrected chi connectivity index (χ2v) is 6.13. The molecule has 1 fully saturated rings. The van der Waals surface area contributed by atoms with E-state index in [9.17, 15) is 0 Å². The zero-order chi connectivity index (χ0) is 10.7. The van der Waals surface area contributed by atoms with Crippen molar-refractivity contribution < 1.29 is 0 Å². The zero-order valence-electron chi connectivity index (χ0n) is 9.19. The molecular formula is C10H17N3S2. The van der Waals surface area contributed by atoms with Gasteiger partial charge in [0.25, 0.3) is 0 Å². The first kappa shape index (κ1) is 11.2. The second-order valence-electron chi connectivity index (χ2n) is 4.34. The highest BCUT2D eigenvalue weighted by molar-refractivity contribution is 7.98. The number of aromatic nitrogens is 2. The van der Waals surface area contributed by atoms with Crippen molar-refractivity contribution in [2.75, 3.05) is 11.1 Å². The first-order chi connectivity index (χ1) is 7.24. The van der Waals surface area contributed by atoms with E-state index < -0.39 is 0 Å². The number of hydrogen-bond donors (Lipinski definition) is 1. The Morgan fingerprint density at radius 2 is 2.33 bits per heavy atom. The maximum absolute atomic E-state index is 4.46. The van der Waals surface area contributed by atoms with Gasteiger partial charge in [0.05, 0.1) is 5.75 Å². The summed E-state index contributed by atoms with van der Waals surface area (Å²) in [7, 11) is 0. The van der Waals surface area contributed by atoms with Gasteiger partial charge in [-0.3, -0.25) is 0 Å². The Labute approximate surface area is 99.2 Å². The van der Waals surface area contributed by atoms with Gasteiger partial charge in [0.2, 0.25) is 5.13 Å². The van der Waals surface area contributed by atoms with Crippen molar-refractivity contribution in [3.05, 3.63) is 5.82 Å². The zero-order valence-corrected chi connectivity index (χ0v) is 10.8. The highest BCUT2D eigenvalue weighted by Crippen LogP contribution is 2.26. The minimum absolute atomic E-state index is 0.675. The van der Waals surface area contributed by atoms with Crippen molar-refractivity contribution in [3.63, 3.8) is 0 Å². The van der Waals surface area contributed by atoms with Crippen LogP contribution in [0.15, 0.2) is 0 Å². The van der Waals surface area contributed by atoms with E-state index in [1.54, 1.807) is 0 Å². The van der Waals surface area contributed by atoms with Crippen LogP contribution in [0.3, 0.4) is 0 Å². The number of nitrogens with zero attached hydrogens (tertiary/aromatic N) is 2. The molecule has 5 heteroatoms. The number of thioether (sulfide) groups is 1. The molecular weight excluding hydrogens is 226 g/mol. The van der Waals surface area contributed by atoms with Crippen LogP contribution in [0.1, 0.15) is 32.5 Å². The molecule has 1 N–H and O–H groups in total. The van der Waals surface area contributed by atoms with E-state index in [4.69, 9.17) is 0 Å². The van der Waals surface area contributed by atoms with Gasteiger partial charge in [-0.2, -0.15) is 16.1 Å². The molecule has 0 radical (unpaired) electrons. The largest absolute Gasteiger partial charge is 0.358 e. The van der Waals surface area contributed by atoms with E-state index in [0.717, 1.165) is 22.6 Å². The minimum Gasteiger partial charge on any atom is -0.358 e. The van der Waals surface area contributed by atoms with Gasteiger partial charge in [0.15, 0.2) is 5.82 Å². The normalized spacial score (nSPS) is 15.9. The molecule has 84 valence electrons. The molecule has 1 aromatic heterocycles. The smallest absolute Gasteiger partial charge is 0.202 e. The molecule has 1 aliphatic rings. The summed E-state index contributed by atoms with van der Waals surface area (Å²) < 4.78 is 4.34. The second kappa shape index (κ2) is 5.16. The van der Waals surface area contributed by atoms with E-state index >= 15 is 0 Å². The molecule has 2 rings (SSSR count). The van der Waals surface area contributed by atoms with Gasteiger partial charge in [-0.1, -0.05) is 13.8 Å². The molecule has 3 nitrogen and oxygen atoms in total. The van der Waals surface area contributed by atoms with Gasteiger partial charge < -0.3 is 5.32 Å². The maximum atomic E-state index is 4.46. The van der Waals surface area contributed by atoms with Crippen molar-refractivity contribution >= 4 is 28.4 Å². The SMILES string of the molecule is CC(C)CSCc1nsc(NC2CC2)n1. The molecule has 0 bridgehead atoms. The van der Waals surface area contributed by atoms with Gasteiger partial charge in [0, 0.05) is 17.6 Å². The monoisotopic (exact) mass is 243 g/mol. The predicted molar refractivity (Wildman–Crippen MR) is 67.6 cm³/mol. The third kappa shape index (κ3) is 3.99. The molecule has 15 heavy (non-hydrogen) atoms. The van der Waals surface area contributed by atoms with Crippen LogP contribution in [0.25, 0.3) is 0 Å². The average molecular weight is 243 g/mol.